The number of hydrogen-bond acceptors (Lipinski definition) is 4. The van der Waals surface area contributed by atoms with E-state index in [4.69, 9.17) is 0 Å². The predicted octanol–water partition coefficient (Wildman–Crippen LogP) is 2.90. The Labute approximate surface area is 138 Å². The second-order valence-corrected chi connectivity index (χ2v) is 6.41. The number of halogens is 2. The van der Waals surface area contributed by atoms with Gasteiger partial charge in [-0.3, -0.25) is 4.79 Å². The van der Waals surface area contributed by atoms with Crippen molar-refractivity contribution < 1.29 is 13.6 Å². The summed E-state index contributed by atoms with van der Waals surface area (Å²) in [5.41, 5.74) is 1.20. The lowest BCUT2D eigenvalue weighted by atomic mass is 10.1. The first-order chi connectivity index (χ1) is 10.9. The van der Waals surface area contributed by atoms with Crippen LogP contribution in [0.2, 0.25) is 0 Å². The molecule has 0 fully saturated rings. The monoisotopic (exact) mass is 339 g/mol. The molecule has 1 atom stereocenters. The van der Waals surface area contributed by atoms with Gasteiger partial charge in [0.2, 0.25) is 5.91 Å². The van der Waals surface area contributed by atoms with Crippen molar-refractivity contribution in [3.8, 4) is 0 Å². The molecule has 0 aliphatic carbocycles. The minimum Gasteiger partial charge on any atom is -0.348 e. The van der Waals surface area contributed by atoms with Crippen LogP contribution in [-0.2, 0) is 17.8 Å². The summed E-state index contributed by atoms with van der Waals surface area (Å²) >= 11 is 1.43. The van der Waals surface area contributed by atoms with E-state index in [-0.39, 0.29) is 18.4 Å². The summed E-state index contributed by atoms with van der Waals surface area (Å²) in [6.07, 6.45) is 0.278. The van der Waals surface area contributed by atoms with Gasteiger partial charge < -0.3 is 10.2 Å². The first-order valence-electron chi connectivity index (χ1n) is 7.18. The molecule has 1 amide bonds. The largest absolute Gasteiger partial charge is 0.348 e. The highest BCUT2D eigenvalue weighted by Gasteiger charge is 2.13. The molecule has 1 heterocycles. The number of nitrogens with zero attached hydrogens (tertiary/aromatic N) is 2. The smallest absolute Gasteiger partial charge is 0.228 e. The molecular weight excluding hydrogens is 320 g/mol. The molecule has 1 N–H and O–H groups in total. The molecule has 1 aromatic carbocycles. The third-order valence-corrected chi connectivity index (χ3v) is 4.32. The van der Waals surface area contributed by atoms with Crippen LogP contribution in [0.15, 0.2) is 23.6 Å². The van der Waals surface area contributed by atoms with Gasteiger partial charge >= 0.3 is 0 Å². The van der Waals surface area contributed by atoms with Crippen LogP contribution in [0, 0.1) is 11.6 Å². The zero-order valence-corrected chi connectivity index (χ0v) is 14.1. The Morgan fingerprint density at radius 3 is 2.78 bits per heavy atom. The molecule has 2 aromatic rings. The van der Waals surface area contributed by atoms with Gasteiger partial charge in [-0.2, -0.15) is 0 Å². The quantitative estimate of drug-likeness (QED) is 0.880. The van der Waals surface area contributed by atoms with Crippen molar-refractivity contribution in [2.24, 2.45) is 0 Å². The maximum absolute atomic E-state index is 13.7. The number of aromatic nitrogens is 1. The second-order valence-electron chi connectivity index (χ2n) is 5.47. The van der Waals surface area contributed by atoms with Crippen LogP contribution in [0.3, 0.4) is 0 Å². The van der Waals surface area contributed by atoms with Crippen LogP contribution >= 0.6 is 11.3 Å². The van der Waals surface area contributed by atoms with Crippen molar-refractivity contribution in [3.63, 3.8) is 0 Å². The standard InChI is InChI=1S/C16H19F2N3OS/c1-10(13-5-4-11(17)6-14(13)18)19-8-12-9-23-15(20-12)7-16(22)21(2)3/h4-6,9-10,19H,7-8H2,1-3H3/t10-/m0/s1. The maximum atomic E-state index is 13.7. The molecule has 0 spiro atoms. The van der Waals surface area contributed by atoms with Gasteiger partial charge in [-0.25, -0.2) is 13.8 Å². The summed E-state index contributed by atoms with van der Waals surface area (Å²) in [5, 5.41) is 5.78. The molecule has 7 heteroatoms. The molecule has 0 unspecified atom stereocenters. The lowest BCUT2D eigenvalue weighted by Gasteiger charge is -2.14. The number of rotatable bonds is 6. The summed E-state index contributed by atoms with van der Waals surface area (Å²) < 4.78 is 26.6. The third-order valence-electron chi connectivity index (χ3n) is 3.42. The van der Waals surface area contributed by atoms with Crippen molar-refractivity contribution in [1.82, 2.24) is 15.2 Å². The molecule has 23 heavy (non-hydrogen) atoms. The van der Waals surface area contributed by atoms with E-state index >= 15 is 0 Å². The van der Waals surface area contributed by atoms with E-state index < -0.39 is 11.6 Å². The Morgan fingerprint density at radius 1 is 1.39 bits per heavy atom. The average Bonchev–Trinajstić information content (AvgIpc) is 2.92. The number of benzene rings is 1. The summed E-state index contributed by atoms with van der Waals surface area (Å²) in [5.74, 6) is -1.16. The third kappa shape index (κ3) is 4.80. The number of carbonyl (C=O) groups is 1. The highest BCUT2D eigenvalue weighted by Crippen LogP contribution is 2.19. The fourth-order valence-corrected chi connectivity index (χ4v) is 2.80. The van der Waals surface area contributed by atoms with Crippen LogP contribution in [-0.4, -0.2) is 29.9 Å². The summed E-state index contributed by atoms with van der Waals surface area (Å²) in [4.78, 5) is 17.6. The highest BCUT2D eigenvalue weighted by molar-refractivity contribution is 7.09. The molecule has 1 aromatic heterocycles. The van der Waals surface area contributed by atoms with Crippen LogP contribution in [0.25, 0.3) is 0 Å². The molecule has 124 valence electrons. The number of likely N-dealkylation sites (N-methyl/N-ethyl adjacent to an activating group) is 1. The van der Waals surface area contributed by atoms with E-state index in [1.54, 1.807) is 21.0 Å². The fraction of sp³-hybridized carbons (Fsp3) is 0.375. The Morgan fingerprint density at radius 2 is 2.13 bits per heavy atom. The lowest BCUT2D eigenvalue weighted by Crippen LogP contribution is -2.23. The Hall–Kier alpha value is -1.86. The van der Waals surface area contributed by atoms with E-state index in [0.717, 1.165) is 16.8 Å². The Balaban J connectivity index is 1.93. The molecule has 0 aliphatic heterocycles. The van der Waals surface area contributed by atoms with E-state index in [0.29, 0.717) is 12.1 Å². The number of nitrogens with one attached hydrogen (secondary N) is 1. The molecule has 0 bridgehead atoms. The molecule has 2 rings (SSSR count). The van der Waals surface area contributed by atoms with Crippen LogP contribution in [0.4, 0.5) is 8.78 Å². The summed E-state index contributed by atoms with van der Waals surface area (Å²) in [6, 6.07) is 3.28. The van der Waals surface area contributed by atoms with Crippen LogP contribution < -0.4 is 5.32 Å². The summed E-state index contributed by atoms with van der Waals surface area (Å²) in [6.45, 7) is 2.25. The minimum atomic E-state index is -0.590. The Kier molecular flexibility index (Phi) is 5.79. The highest BCUT2D eigenvalue weighted by atomic mass is 32.1. The zero-order chi connectivity index (χ0) is 17.0. The molecular formula is C16H19F2N3OS. The number of thiazole rings is 1. The lowest BCUT2D eigenvalue weighted by molar-refractivity contribution is -0.127. The van der Waals surface area contributed by atoms with E-state index in [1.165, 1.54) is 28.4 Å². The van der Waals surface area contributed by atoms with Gasteiger partial charge in [0.25, 0.3) is 0 Å². The zero-order valence-electron chi connectivity index (χ0n) is 13.3. The molecule has 4 nitrogen and oxygen atoms in total. The van der Waals surface area contributed by atoms with E-state index in [9.17, 15) is 13.6 Å². The minimum absolute atomic E-state index is 0.000565. The number of hydrogen-bond donors (Lipinski definition) is 1. The van der Waals surface area contributed by atoms with E-state index in [1.807, 2.05) is 5.38 Å². The van der Waals surface area contributed by atoms with Crippen LogP contribution in [0.5, 0.6) is 0 Å². The van der Waals surface area contributed by atoms with Gasteiger partial charge in [0.1, 0.15) is 16.6 Å². The maximum Gasteiger partial charge on any atom is 0.228 e. The van der Waals surface area contributed by atoms with Crippen molar-refractivity contribution in [2.75, 3.05) is 14.1 Å². The molecule has 0 saturated heterocycles. The normalized spacial score (nSPS) is 12.2. The predicted molar refractivity (Wildman–Crippen MR) is 86.1 cm³/mol. The van der Waals surface area contributed by atoms with Crippen molar-refractivity contribution in [2.45, 2.75) is 25.9 Å². The molecule has 0 saturated carbocycles. The van der Waals surface area contributed by atoms with Gasteiger partial charge in [-0.15, -0.1) is 11.3 Å². The van der Waals surface area contributed by atoms with Crippen molar-refractivity contribution in [3.05, 3.63) is 51.5 Å². The van der Waals surface area contributed by atoms with E-state index in [2.05, 4.69) is 10.3 Å². The first-order valence-corrected chi connectivity index (χ1v) is 8.06. The SMILES string of the molecule is C[C@H](NCc1csc(CC(=O)N(C)C)n1)c1ccc(F)cc1F. The van der Waals surface area contributed by atoms with Gasteiger partial charge in [-0.1, -0.05) is 6.07 Å². The number of carbonyl (C=O) groups excluding carboxylic acids is 1. The van der Waals surface area contributed by atoms with Crippen molar-refractivity contribution >= 4 is 17.2 Å². The number of amides is 1. The fourth-order valence-electron chi connectivity index (χ4n) is 2.02. The van der Waals surface area contributed by atoms with Crippen LogP contribution in [0.1, 0.15) is 29.2 Å². The molecule has 0 aliphatic rings. The van der Waals surface area contributed by atoms with Gasteiger partial charge in [0.15, 0.2) is 0 Å². The second kappa shape index (κ2) is 7.61. The van der Waals surface area contributed by atoms with Gasteiger partial charge in [0, 0.05) is 43.7 Å². The van der Waals surface area contributed by atoms with Crippen molar-refractivity contribution in [1.29, 1.82) is 0 Å². The van der Waals surface area contributed by atoms with Gasteiger partial charge in [0.05, 0.1) is 12.1 Å². The topological polar surface area (TPSA) is 45.2 Å². The summed E-state index contributed by atoms with van der Waals surface area (Å²) in [7, 11) is 3.41. The van der Waals surface area contributed by atoms with Gasteiger partial charge in [-0.05, 0) is 13.0 Å². The molecule has 0 radical (unpaired) electrons. The average molecular weight is 339 g/mol. The Bertz CT molecular complexity index is 688. The first kappa shape index (κ1) is 17.5.